The Morgan fingerprint density at radius 2 is 1.74 bits per heavy atom. The molecular formula is C26H31ClN2O6. The maximum absolute atomic E-state index is 13.0. The van der Waals surface area contributed by atoms with Gasteiger partial charge in [0, 0.05) is 42.4 Å². The molecule has 1 N–H and O–H groups in total. The SMILES string of the molecule is COCCOCCOc1ccc(C2c3[nH]c4ccc(Cl)cc4c3CCN2C(=O)OCCOC)cc1. The van der Waals surface area contributed by atoms with Crippen LogP contribution in [0.5, 0.6) is 5.75 Å². The zero-order chi connectivity index (χ0) is 24.6. The Bertz CT molecular complexity index is 1120. The fourth-order valence-electron chi connectivity index (χ4n) is 4.31. The molecular weight excluding hydrogens is 472 g/mol. The van der Waals surface area contributed by atoms with Gasteiger partial charge >= 0.3 is 6.09 Å². The standard InChI is InChI=1S/C26H31ClN2O6/c1-31-11-13-33-14-16-34-20-6-3-18(4-7-20)25-24-21(22-17-19(27)5-8-23(22)28-24)9-10-29(25)26(30)35-15-12-32-2/h3-8,17,25,28H,9-16H2,1-2H3. The summed E-state index contributed by atoms with van der Waals surface area (Å²) in [6.07, 6.45) is 0.332. The van der Waals surface area contributed by atoms with Crippen molar-refractivity contribution in [1.82, 2.24) is 9.88 Å². The average molecular weight is 503 g/mol. The Kier molecular flexibility index (Phi) is 8.87. The summed E-state index contributed by atoms with van der Waals surface area (Å²) in [6, 6.07) is 13.3. The highest BCUT2D eigenvalue weighted by Gasteiger charge is 2.35. The number of hydrogen-bond acceptors (Lipinski definition) is 6. The molecule has 0 bridgehead atoms. The van der Waals surface area contributed by atoms with Crippen molar-refractivity contribution in [1.29, 1.82) is 0 Å². The third-order valence-corrected chi connectivity index (χ3v) is 6.20. The lowest BCUT2D eigenvalue weighted by atomic mass is 9.92. The number of fused-ring (bicyclic) bond motifs is 3. The van der Waals surface area contributed by atoms with Gasteiger partial charge < -0.3 is 28.7 Å². The summed E-state index contributed by atoms with van der Waals surface area (Å²) in [7, 11) is 3.22. The van der Waals surface area contributed by atoms with Crippen molar-refractivity contribution in [3.05, 3.63) is 64.3 Å². The normalized spacial score (nSPS) is 15.3. The number of aromatic nitrogens is 1. The summed E-state index contributed by atoms with van der Waals surface area (Å²) in [4.78, 5) is 18.3. The van der Waals surface area contributed by atoms with Crippen molar-refractivity contribution in [2.75, 3.05) is 60.4 Å². The summed E-state index contributed by atoms with van der Waals surface area (Å²) in [5.74, 6) is 0.734. The number of hydrogen-bond donors (Lipinski definition) is 1. The van der Waals surface area contributed by atoms with Gasteiger partial charge in [-0.2, -0.15) is 0 Å². The lowest BCUT2D eigenvalue weighted by Gasteiger charge is -2.35. The smallest absolute Gasteiger partial charge is 0.410 e. The average Bonchev–Trinajstić information content (AvgIpc) is 3.24. The van der Waals surface area contributed by atoms with Crippen LogP contribution >= 0.6 is 11.6 Å². The second kappa shape index (κ2) is 12.3. The van der Waals surface area contributed by atoms with Crippen LogP contribution in [0.25, 0.3) is 10.9 Å². The Morgan fingerprint density at radius 1 is 1.00 bits per heavy atom. The van der Waals surface area contributed by atoms with Crippen LogP contribution in [0.15, 0.2) is 42.5 Å². The van der Waals surface area contributed by atoms with Crippen molar-refractivity contribution < 1.29 is 28.5 Å². The monoisotopic (exact) mass is 502 g/mol. The van der Waals surface area contributed by atoms with Gasteiger partial charge in [0.1, 0.15) is 25.0 Å². The summed E-state index contributed by atoms with van der Waals surface area (Å²) >= 11 is 6.28. The van der Waals surface area contributed by atoms with E-state index in [9.17, 15) is 4.79 Å². The van der Waals surface area contributed by atoms with Crippen molar-refractivity contribution >= 4 is 28.6 Å². The maximum atomic E-state index is 13.0. The Balaban J connectivity index is 1.56. The molecule has 0 radical (unpaired) electrons. The second-order valence-corrected chi connectivity index (χ2v) is 8.62. The van der Waals surface area contributed by atoms with E-state index in [-0.39, 0.29) is 18.7 Å². The first kappa shape index (κ1) is 25.3. The van der Waals surface area contributed by atoms with Gasteiger partial charge in [-0.1, -0.05) is 23.7 Å². The second-order valence-electron chi connectivity index (χ2n) is 8.18. The highest BCUT2D eigenvalue weighted by molar-refractivity contribution is 6.31. The molecule has 3 aromatic rings. The largest absolute Gasteiger partial charge is 0.491 e. The predicted octanol–water partition coefficient (Wildman–Crippen LogP) is 4.59. The Labute approximate surface area is 210 Å². The zero-order valence-corrected chi connectivity index (χ0v) is 20.8. The van der Waals surface area contributed by atoms with Crippen molar-refractivity contribution in [2.45, 2.75) is 12.5 Å². The molecule has 1 aromatic heterocycles. The molecule has 2 aromatic carbocycles. The van der Waals surface area contributed by atoms with Gasteiger partial charge in [0.2, 0.25) is 0 Å². The minimum Gasteiger partial charge on any atom is -0.491 e. The molecule has 1 atom stereocenters. The van der Waals surface area contributed by atoms with Crippen LogP contribution in [-0.2, 0) is 25.4 Å². The molecule has 1 amide bonds. The number of ether oxygens (including phenoxy) is 5. The topological polar surface area (TPSA) is 82.3 Å². The van der Waals surface area contributed by atoms with Gasteiger partial charge in [-0.15, -0.1) is 0 Å². The summed E-state index contributed by atoms with van der Waals surface area (Å²) in [5, 5.41) is 1.77. The zero-order valence-electron chi connectivity index (χ0n) is 20.1. The minimum absolute atomic E-state index is 0.201. The van der Waals surface area contributed by atoms with Crippen molar-refractivity contribution in [3.8, 4) is 5.75 Å². The molecule has 1 aliphatic heterocycles. The van der Waals surface area contributed by atoms with Gasteiger partial charge in [-0.05, 0) is 47.9 Å². The summed E-state index contributed by atoms with van der Waals surface area (Å²) in [5.41, 5.74) is 4.09. The first-order valence-corrected chi connectivity index (χ1v) is 12.0. The molecule has 2 heterocycles. The molecule has 1 aliphatic rings. The summed E-state index contributed by atoms with van der Waals surface area (Å²) in [6.45, 7) is 3.10. The number of nitrogens with one attached hydrogen (secondary N) is 1. The number of rotatable bonds is 11. The van der Waals surface area contributed by atoms with Crippen LogP contribution in [0.1, 0.15) is 22.9 Å². The Morgan fingerprint density at radius 3 is 2.51 bits per heavy atom. The molecule has 4 rings (SSSR count). The van der Waals surface area contributed by atoms with E-state index in [2.05, 4.69) is 4.98 Å². The molecule has 0 spiro atoms. The van der Waals surface area contributed by atoms with Crippen LogP contribution in [0, 0.1) is 0 Å². The van der Waals surface area contributed by atoms with Crippen LogP contribution in [0.4, 0.5) is 4.79 Å². The van der Waals surface area contributed by atoms with Gasteiger partial charge in [-0.25, -0.2) is 4.79 Å². The van der Waals surface area contributed by atoms with Crippen LogP contribution < -0.4 is 4.74 Å². The van der Waals surface area contributed by atoms with E-state index in [0.717, 1.165) is 27.9 Å². The van der Waals surface area contributed by atoms with E-state index < -0.39 is 0 Å². The summed E-state index contributed by atoms with van der Waals surface area (Å²) < 4.78 is 26.7. The van der Waals surface area contributed by atoms with E-state index in [4.69, 9.17) is 35.3 Å². The fraction of sp³-hybridized carbons (Fsp3) is 0.423. The number of H-pyrrole nitrogens is 1. The number of aromatic amines is 1. The van der Waals surface area contributed by atoms with E-state index in [1.54, 1.807) is 19.1 Å². The minimum atomic E-state index is -0.372. The van der Waals surface area contributed by atoms with E-state index in [0.29, 0.717) is 51.0 Å². The van der Waals surface area contributed by atoms with Crippen LogP contribution in [0.2, 0.25) is 5.02 Å². The molecule has 35 heavy (non-hydrogen) atoms. The lowest BCUT2D eigenvalue weighted by Crippen LogP contribution is -2.41. The molecule has 0 saturated heterocycles. The highest BCUT2D eigenvalue weighted by Crippen LogP contribution is 2.39. The molecule has 1 unspecified atom stereocenters. The third-order valence-electron chi connectivity index (χ3n) is 5.96. The van der Waals surface area contributed by atoms with Crippen molar-refractivity contribution in [2.24, 2.45) is 0 Å². The van der Waals surface area contributed by atoms with Gasteiger partial charge in [-0.3, -0.25) is 4.90 Å². The molecule has 0 aliphatic carbocycles. The number of carbonyl (C=O) groups is 1. The molecule has 9 heteroatoms. The number of carbonyl (C=O) groups excluding carboxylic acids is 1. The fourth-order valence-corrected chi connectivity index (χ4v) is 4.48. The quantitative estimate of drug-likeness (QED) is 0.386. The maximum Gasteiger partial charge on any atom is 0.410 e. The number of benzene rings is 2. The van der Waals surface area contributed by atoms with E-state index in [1.807, 2.05) is 42.5 Å². The first-order chi connectivity index (χ1) is 17.1. The number of halogens is 1. The highest BCUT2D eigenvalue weighted by atomic mass is 35.5. The van der Waals surface area contributed by atoms with E-state index >= 15 is 0 Å². The number of methoxy groups -OCH3 is 2. The first-order valence-electron chi connectivity index (χ1n) is 11.6. The van der Waals surface area contributed by atoms with Crippen LogP contribution in [-0.4, -0.2) is 76.4 Å². The number of nitrogens with zero attached hydrogens (tertiary/aromatic N) is 1. The molecule has 0 saturated carbocycles. The van der Waals surface area contributed by atoms with Gasteiger partial charge in [0.05, 0.1) is 26.4 Å². The third kappa shape index (κ3) is 6.08. The van der Waals surface area contributed by atoms with Crippen LogP contribution in [0.3, 0.4) is 0 Å². The number of amides is 1. The molecule has 0 fully saturated rings. The van der Waals surface area contributed by atoms with Crippen molar-refractivity contribution in [3.63, 3.8) is 0 Å². The molecule has 8 nitrogen and oxygen atoms in total. The molecule has 188 valence electrons. The van der Waals surface area contributed by atoms with Gasteiger partial charge in [0.25, 0.3) is 0 Å². The Hall–Kier alpha value is -2.78. The van der Waals surface area contributed by atoms with E-state index in [1.165, 1.54) is 5.56 Å². The lowest BCUT2D eigenvalue weighted by molar-refractivity contribution is 0.0544. The predicted molar refractivity (Wildman–Crippen MR) is 133 cm³/mol. The van der Waals surface area contributed by atoms with Gasteiger partial charge in [0.15, 0.2) is 0 Å².